The number of para-hydroxylation sites is 2. The zero-order chi connectivity index (χ0) is 27.8. The number of nitrogens with zero attached hydrogens (tertiary/aromatic N) is 1. The van der Waals surface area contributed by atoms with Crippen molar-refractivity contribution in [1.82, 2.24) is 4.98 Å². The second-order valence-corrected chi connectivity index (χ2v) is 11.4. The maximum Gasteiger partial charge on any atom is 0.154 e. The van der Waals surface area contributed by atoms with E-state index in [0.29, 0.717) is 5.71 Å². The number of fused-ring (bicyclic) bond motifs is 8. The summed E-state index contributed by atoms with van der Waals surface area (Å²) in [5, 5.41) is 15.1. The Morgan fingerprint density at radius 1 is 0.786 bits per heavy atom. The summed E-state index contributed by atoms with van der Waals surface area (Å²) in [6, 6.07) is 33.9. The fraction of sp³-hybridized carbons (Fsp3) is 0.0769. The van der Waals surface area contributed by atoms with Crippen LogP contribution in [0.3, 0.4) is 0 Å². The zero-order valence-electron chi connectivity index (χ0n) is 22.9. The molecular weight excluding hydrogens is 512 g/mol. The summed E-state index contributed by atoms with van der Waals surface area (Å²) < 4.78 is 6.57. The van der Waals surface area contributed by atoms with E-state index < -0.39 is 0 Å². The molecule has 0 amide bonds. The summed E-state index contributed by atoms with van der Waals surface area (Å²) in [6.07, 6.45) is 9.59. The molecule has 1 N–H and O–H groups in total. The molecule has 2 aliphatic carbocycles. The van der Waals surface area contributed by atoms with Crippen molar-refractivity contribution in [1.29, 1.82) is 5.41 Å². The lowest BCUT2D eigenvalue weighted by atomic mass is 9.88. The Labute approximate surface area is 243 Å². The van der Waals surface area contributed by atoms with Gasteiger partial charge in [0.25, 0.3) is 0 Å². The number of rotatable bonds is 3. The Morgan fingerprint density at radius 3 is 2.57 bits per heavy atom. The van der Waals surface area contributed by atoms with Gasteiger partial charge >= 0.3 is 0 Å². The van der Waals surface area contributed by atoms with Gasteiger partial charge in [0.05, 0.1) is 17.4 Å². The van der Waals surface area contributed by atoms with E-state index in [-0.39, 0.29) is 0 Å². The van der Waals surface area contributed by atoms with Crippen LogP contribution in [0, 0.1) is 5.41 Å². The second kappa shape index (κ2) is 8.86. The van der Waals surface area contributed by atoms with E-state index in [2.05, 4.69) is 102 Å². The van der Waals surface area contributed by atoms with Gasteiger partial charge in [-0.25, -0.2) is 0 Å². The molecule has 3 heteroatoms. The van der Waals surface area contributed by atoms with Gasteiger partial charge in [0.15, 0.2) is 5.58 Å². The minimum Gasteiger partial charge on any atom is -0.454 e. The minimum absolute atomic E-state index is 0.554. The zero-order valence-corrected chi connectivity index (χ0v) is 22.9. The molecule has 0 saturated heterocycles. The fourth-order valence-corrected chi connectivity index (χ4v) is 7.14. The smallest absolute Gasteiger partial charge is 0.154 e. The molecule has 198 valence electrons. The van der Waals surface area contributed by atoms with E-state index in [1.807, 2.05) is 18.3 Å². The van der Waals surface area contributed by atoms with E-state index in [4.69, 9.17) is 4.42 Å². The molecule has 2 heterocycles. The molecule has 0 unspecified atom stereocenters. The first-order chi connectivity index (χ1) is 20.7. The topological polar surface area (TPSA) is 49.9 Å². The third kappa shape index (κ3) is 3.34. The van der Waals surface area contributed by atoms with E-state index in [0.717, 1.165) is 85.1 Å². The molecule has 9 rings (SSSR count). The third-order valence-electron chi connectivity index (χ3n) is 9.05. The van der Waals surface area contributed by atoms with Gasteiger partial charge < -0.3 is 4.42 Å². The number of hydrogen-bond donors (Lipinski definition) is 1. The van der Waals surface area contributed by atoms with Gasteiger partial charge in [-0.15, -0.1) is 0 Å². The number of nitrogens with one attached hydrogen (secondary N) is 1. The molecule has 0 radical (unpaired) electrons. The average Bonchev–Trinajstić information content (AvgIpc) is 3.63. The SMILES string of the molecule is N=C(c1cc(-c2cccc3c2oc2cnc4ccccc4c23)c2ccccc2c1)c1cccc2c1C1=C(CCC=C1)C2. The third-order valence-corrected chi connectivity index (χ3v) is 9.05. The summed E-state index contributed by atoms with van der Waals surface area (Å²) in [4.78, 5) is 4.65. The predicted octanol–water partition coefficient (Wildman–Crippen LogP) is 10.0. The van der Waals surface area contributed by atoms with Crippen LogP contribution in [0.5, 0.6) is 0 Å². The first-order valence-electron chi connectivity index (χ1n) is 14.6. The lowest BCUT2D eigenvalue weighted by molar-refractivity contribution is 0.668. The second-order valence-electron chi connectivity index (χ2n) is 11.4. The molecular formula is C39H26N2O. The molecule has 0 spiro atoms. The van der Waals surface area contributed by atoms with Crippen molar-refractivity contribution in [3.05, 3.63) is 143 Å². The van der Waals surface area contributed by atoms with Gasteiger partial charge in [-0.3, -0.25) is 10.4 Å². The molecule has 0 aliphatic heterocycles. The lowest BCUT2D eigenvalue weighted by Crippen LogP contribution is -2.06. The van der Waals surface area contributed by atoms with Crippen molar-refractivity contribution < 1.29 is 4.42 Å². The van der Waals surface area contributed by atoms with Gasteiger partial charge in [0.2, 0.25) is 0 Å². The van der Waals surface area contributed by atoms with Crippen molar-refractivity contribution in [2.24, 2.45) is 0 Å². The van der Waals surface area contributed by atoms with E-state index in [1.54, 1.807) is 0 Å². The number of hydrogen-bond acceptors (Lipinski definition) is 3. The van der Waals surface area contributed by atoms with Gasteiger partial charge in [0.1, 0.15) is 5.58 Å². The molecule has 5 aromatic carbocycles. The maximum absolute atomic E-state index is 9.54. The van der Waals surface area contributed by atoms with Crippen LogP contribution in [0.15, 0.2) is 125 Å². The van der Waals surface area contributed by atoms with Crippen LogP contribution in [0.1, 0.15) is 35.1 Å². The van der Waals surface area contributed by atoms with Crippen molar-refractivity contribution in [2.45, 2.75) is 19.3 Å². The Bertz CT molecular complexity index is 2350. The Kier molecular flexibility index (Phi) is 4.94. The summed E-state index contributed by atoms with van der Waals surface area (Å²) in [6.45, 7) is 0. The van der Waals surface area contributed by atoms with Crippen LogP contribution in [-0.2, 0) is 6.42 Å². The first-order valence-corrected chi connectivity index (χ1v) is 14.6. The van der Waals surface area contributed by atoms with Crippen LogP contribution >= 0.6 is 0 Å². The number of pyridine rings is 1. The summed E-state index contributed by atoms with van der Waals surface area (Å²) in [5.41, 5.74) is 12.6. The molecule has 0 saturated carbocycles. The van der Waals surface area contributed by atoms with Crippen LogP contribution in [0.2, 0.25) is 0 Å². The molecule has 0 bridgehead atoms. The van der Waals surface area contributed by atoms with Crippen molar-refractivity contribution >= 4 is 54.9 Å². The number of furan rings is 1. The van der Waals surface area contributed by atoms with Crippen molar-refractivity contribution in [2.75, 3.05) is 0 Å². The van der Waals surface area contributed by atoms with Gasteiger partial charge in [-0.1, -0.05) is 96.6 Å². The molecule has 2 aliphatic rings. The highest BCUT2D eigenvalue weighted by atomic mass is 16.3. The summed E-state index contributed by atoms with van der Waals surface area (Å²) in [5.74, 6) is 0. The monoisotopic (exact) mass is 538 g/mol. The Hall–Kier alpha value is -5.28. The molecule has 0 atom stereocenters. The van der Waals surface area contributed by atoms with Crippen LogP contribution in [-0.4, -0.2) is 10.7 Å². The standard InChI is InChI=1S/C39H26N2O/c40-38(31-16-7-11-25-19-24-10-2-4-13-28(24)36(25)31)26-20-23-9-1-3-12-27(23)33(21-26)29-15-8-17-32-37-30-14-5-6-18-34(30)41-22-35(37)42-39(29)32/h1,3-9,11-18,20-22,40H,2,10,19H2. The van der Waals surface area contributed by atoms with E-state index in [1.165, 1.54) is 22.3 Å². The minimum atomic E-state index is 0.554. The highest BCUT2D eigenvalue weighted by Gasteiger charge is 2.26. The van der Waals surface area contributed by atoms with Gasteiger partial charge in [0, 0.05) is 32.8 Å². The largest absolute Gasteiger partial charge is 0.454 e. The molecule has 42 heavy (non-hydrogen) atoms. The van der Waals surface area contributed by atoms with Gasteiger partial charge in [-0.2, -0.15) is 0 Å². The lowest BCUT2D eigenvalue weighted by Gasteiger charge is -2.16. The van der Waals surface area contributed by atoms with Crippen molar-refractivity contribution in [3.8, 4) is 11.1 Å². The normalized spacial score (nSPS) is 14.3. The Morgan fingerprint density at radius 2 is 1.62 bits per heavy atom. The van der Waals surface area contributed by atoms with Crippen LogP contribution < -0.4 is 0 Å². The quantitative estimate of drug-likeness (QED) is 0.228. The predicted molar refractivity (Wildman–Crippen MR) is 173 cm³/mol. The maximum atomic E-state index is 9.54. The highest BCUT2D eigenvalue weighted by Crippen LogP contribution is 2.43. The average molecular weight is 539 g/mol. The van der Waals surface area contributed by atoms with Crippen molar-refractivity contribution in [3.63, 3.8) is 0 Å². The van der Waals surface area contributed by atoms with Crippen LogP contribution in [0.4, 0.5) is 0 Å². The van der Waals surface area contributed by atoms with E-state index in [9.17, 15) is 5.41 Å². The first kappa shape index (κ1) is 23.4. The van der Waals surface area contributed by atoms with Gasteiger partial charge in [-0.05, 0) is 70.5 Å². The molecule has 0 fully saturated rings. The fourth-order valence-electron chi connectivity index (χ4n) is 7.14. The highest BCUT2D eigenvalue weighted by molar-refractivity contribution is 6.22. The molecule has 7 aromatic rings. The summed E-state index contributed by atoms with van der Waals surface area (Å²) >= 11 is 0. The number of benzene rings is 5. The van der Waals surface area contributed by atoms with E-state index >= 15 is 0 Å². The molecule has 3 nitrogen and oxygen atoms in total. The number of allylic oxidation sites excluding steroid dienone is 4. The summed E-state index contributed by atoms with van der Waals surface area (Å²) in [7, 11) is 0. The van der Waals surface area contributed by atoms with Crippen LogP contribution in [0.25, 0.3) is 60.3 Å². The molecule has 2 aromatic heterocycles. The number of aromatic nitrogens is 1. The Balaban J connectivity index is 1.28.